The lowest BCUT2D eigenvalue weighted by Crippen LogP contribution is -2.35. The number of nitrogens with zero attached hydrogens (tertiary/aromatic N) is 2. The normalized spacial score (nSPS) is 10.6. The van der Waals surface area contributed by atoms with Crippen LogP contribution in [0.15, 0.2) is 23.6 Å². The van der Waals surface area contributed by atoms with Crippen molar-refractivity contribution in [2.45, 2.75) is 19.9 Å². The Morgan fingerprint density at radius 1 is 1.29 bits per heavy atom. The number of hydrogen-bond donors (Lipinski definition) is 1. The third-order valence-electron chi connectivity index (χ3n) is 3.62. The lowest BCUT2D eigenvalue weighted by atomic mass is 10.3. The molecule has 2 aromatic rings. The minimum Gasteiger partial charge on any atom is -0.461 e. The quantitative estimate of drug-likeness (QED) is 0.446. The van der Waals surface area contributed by atoms with E-state index >= 15 is 0 Å². The van der Waals surface area contributed by atoms with Gasteiger partial charge in [-0.2, -0.15) is 0 Å². The van der Waals surface area contributed by atoms with E-state index in [0.29, 0.717) is 40.3 Å². The summed E-state index contributed by atoms with van der Waals surface area (Å²) in [6.45, 7) is 3.16. The SMILES string of the molecule is CCOC(=O)c1csc(CN(CCCOC)C(=O)Nc2c(Cl)cccc2Cl)n1. The molecule has 2 rings (SSSR count). The molecule has 152 valence electrons. The molecule has 0 bridgehead atoms. The molecule has 1 aromatic carbocycles. The summed E-state index contributed by atoms with van der Waals surface area (Å²) in [5, 5.41) is 5.66. The summed E-state index contributed by atoms with van der Waals surface area (Å²) in [7, 11) is 1.60. The summed E-state index contributed by atoms with van der Waals surface area (Å²) in [6.07, 6.45) is 0.635. The van der Waals surface area contributed by atoms with Crippen molar-refractivity contribution in [2.75, 3.05) is 32.2 Å². The Balaban J connectivity index is 2.12. The number of halogens is 2. The lowest BCUT2D eigenvalue weighted by molar-refractivity contribution is 0.0520. The highest BCUT2D eigenvalue weighted by Crippen LogP contribution is 2.30. The molecule has 0 unspecified atom stereocenters. The molecule has 0 atom stereocenters. The minimum absolute atomic E-state index is 0.224. The molecule has 0 radical (unpaired) electrons. The average molecular weight is 446 g/mol. The van der Waals surface area contributed by atoms with Gasteiger partial charge in [-0.3, -0.25) is 0 Å². The number of carbonyl (C=O) groups is 2. The molecule has 0 aliphatic heterocycles. The van der Waals surface area contributed by atoms with E-state index in [9.17, 15) is 9.59 Å². The Morgan fingerprint density at radius 2 is 2.00 bits per heavy atom. The summed E-state index contributed by atoms with van der Waals surface area (Å²) >= 11 is 13.6. The van der Waals surface area contributed by atoms with Crippen molar-refractivity contribution in [3.8, 4) is 0 Å². The van der Waals surface area contributed by atoms with Gasteiger partial charge in [0.05, 0.1) is 28.9 Å². The zero-order valence-electron chi connectivity index (χ0n) is 15.5. The Labute approximate surface area is 177 Å². The van der Waals surface area contributed by atoms with Gasteiger partial charge in [-0.25, -0.2) is 14.6 Å². The van der Waals surface area contributed by atoms with Crippen molar-refractivity contribution in [3.63, 3.8) is 0 Å². The van der Waals surface area contributed by atoms with Crippen molar-refractivity contribution in [3.05, 3.63) is 44.3 Å². The highest BCUT2D eigenvalue weighted by atomic mass is 35.5. The number of nitrogens with one attached hydrogen (secondary N) is 1. The number of carbonyl (C=O) groups excluding carboxylic acids is 2. The molecule has 0 spiro atoms. The lowest BCUT2D eigenvalue weighted by Gasteiger charge is -2.22. The molecule has 7 nitrogen and oxygen atoms in total. The van der Waals surface area contributed by atoms with Crippen LogP contribution in [-0.2, 0) is 16.0 Å². The second kappa shape index (κ2) is 11.2. The fourth-order valence-corrected chi connectivity index (χ4v) is 3.57. The fourth-order valence-electron chi connectivity index (χ4n) is 2.30. The molecule has 1 aromatic heterocycles. The first-order chi connectivity index (χ1) is 13.5. The predicted octanol–water partition coefficient (Wildman–Crippen LogP) is 4.70. The van der Waals surface area contributed by atoms with Gasteiger partial charge in [-0.15, -0.1) is 11.3 Å². The van der Waals surface area contributed by atoms with E-state index in [0.717, 1.165) is 0 Å². The standard InChI is InChI=1S/C18H21Cl2N3O4S/c1-3-27-17(24)14-11-28-15(21-14)10-23(8-5-9-26-2)18(25)22-16-12(19)6-4-7-13(16)20/h4,6-7,11H,3,5,8-10H2,1-2H3,(H,22,25). The monoisotopic (exact) mass is 445 g/mol. The number of thiazole rings is 1. The van der Waals surface area contributed by atoms with E-state index in [2.05, 4.69) is 10.3 Å². The third-order valence-corrected chi connectivity index (χ3v) is 5.08. The first-order valence-corrected chi connectivity index (χ1v) is 10.2. The van der Waals surface area contributed by atoms with Crippen molar-refractivity contribution >= 4 is 52.2 Å². The van der Waals surface area contributed by atoms with Gasteiger partial charge >= 0.3 is 12.0 Å². The second-order valence-corrected chi connectivity index (χ2v) is 7.40. The van der Waals surface area contributed by atoms with Crippen LogP contribution in [0.4, 0.5) is 10.5 Å². The van der Waals surface area contributed by atoms with Gasteiger partial charge in [-0.05, 0) is 25.5 Å². The summed E-state index contributed by atoms with van der Waals surface area (Å²) < 4.78 is 10.0. The maximum atomic E-state index is 12.8. The Hall–Kier alpha value is -1.87. The number of ether oxygens (including phenoxy) is 2. The number of amides is 2. The number of aromatic nitrogens is 1. The van der Waals surface area contributed by atoms with E-state index in [1.54, 1.807) is 42.5 Å². The summed E-state index contributed by atoms with van der Waals surface area (Å²) in [5.74, 6) is -0.483. The zero-order chi connectivity index (χ0) is 20.5. The van der Waals surface area contributed by atoms with Gasteiger partial charge in [0.1, 0.15) is 5.01 Å². The van der Waals surface area contributed by atoms with E-state index in [1.165, 1.54) is 11.3 Å². The summed E-state index contributed by atoms with van der Waals surface area (Å²) in [5.41, 5.74) is 0.576. The molecule has 1 N–H and O–H groups in total. The van der Waals surface area contributed by atoms with E-state index in [4.69, 9.17) is 32.7 Å². The molecule has 1 heterocycles. The minimum atomic E-state index is -0.483. The topological polar surface area (TPSA) is 80.8 Å². The Bertz CT molecular complexity index is 796. The number of anilines is 1. The molecular weight excluding hydrogens is 425 g/mol. The van der Waals surface area contributed by atoms with Gasteiger partial charge < -0.3 is 19.7 Å². The van der Waals surface area contributed by atoms with E-state index in [1.807, 2.05) is 0 Å². The van der Waals surface area contributed by atoms with Gasteiger partial charge in [0, 0.05) is 25.6 Å². The Kier molecular flexibility index (Phi) is 8.98. The Morgan fingerprint density at radius 3 is 2.64 bits per heavy atom. The molecule has 2 amide bonds. The van der Waals surface area contributed by atoms with Crippen LogP contribution >= 0.6 is 34.5 Å². The smallest absolute Gasteiger partial charge is 0.357 e. The molecule has 28 heavy (non-hydrogen) atoms. The molecule has 0 aliphatic carbocycles. The summed E-state index contributed by atoms with van der Waals surface area (Å²) in [6, 6.07) is 4.61. The van der Waals surface area contributed by atoms with Gasteiger partial charge in [0.2, 0.25) is 0 Å². The van der Waals surface area contributed by atoms with Crippen molar-refractivity contribution in [1.82, 2.24) is 9.88 Å². The van der Waals surface area contributed by atoms with Crippen molar-refractivity contribution < 1.29 is 19.1 Å². The highest BCUT2D eigenvalue weighted by Gasteiger charge is 2.19. The number of urea groups is 1. The predicted molar refractivity (Wildman–Crippen MR) is 110 cm³/mol. The first kappa shape index (κ1) is 22.4. The van der Waals surface area contributed by atoms with Crippen molar-refractivity contribution in [1.29, 1.82) is 0 Å². The van der Waals surface area contributed by atoms with Gasteiger partial charge in [0.15, 0.2) is 5.69 Å². The van der Waals surface area contributed by atoms with Crippen LogP contribution in [0, 0.1) is 0 Å². The molecule has 0 fully saturated rings. The number of para-hydroxylation sites is 1. The van der Waals surface area contributed by atoms with E-state index < -0.39 is 5.97 Å². The van der Waals surface area contributed by atoms with Crippen LogP contribution in [0.3, 0.4) is 0 Å². The molecule has 10 heteroatoms. The molecule has 0 saturated carbocycles. The van der Waals surface area contributed by atoms with Crippen LogP contribution in [-0.4, -0.2) is 48.8 Å². The maximum absolute atomic E-state index is 12.8. The van der Waals surface area contributed by atoms with Crippen LogP contribution in [0.2, 0.25) is 10.0 Å². The number of esters is 1. The van der Waals surface area contributed by atoms with Crippen molar-refractivity contribution in [2.24, 2.45) is 0 Å². The number of methoxy groups -OCH3 is 1. The average Bonchev–Trinajstić information content (AvgIpc) is 3.13. The van der Waals surface area contributed by atoms with Gasteiger partial charge in [0.25, 0.3) is 0 Å². The number of benzene rings is 1. The van der Waals surface area contributed by atoms with Crippen LogP contribution in [0.25, 0.3) is 0 Å². The van der Waals surface area contributed by atoms with E-state index in [-0.39, 0.29) is 24.9 Å². The first-order valence-electron chi connectivity index (χ1n) is 8.56. The number of rotatable bonds is 9. The maximum Gasteiger partial charge on any atom is 0.357 e. The second-order valence-electron chi connectivity index (χ2n) is 5.64. The molecule has 0 aliphatic rings. The number of hydrogen-bond acceptors (Lipinski definition) is 6. The molecular formula is C18H21Cl2N3O4S. The third kappa shape index (κ3) is 6.34. The van der Waals surface area contributed by atoms with Crippen LogP contribution in [0.5, 0.6) is 0 Å². The fraction of sp³-hybridized carbons (Fsp3) is 0.389. The van der Waals surface area contributed by atoms with Gasteiger partial charge in [-0.1, -0.05) is 29.3 Å². The van der Waals surface area contributed by atoms with Crippen LogP contribution < -0.4 is 5.32 Å². The largest absolute Gasteiger partial charge is 0.461 e. The zero-order valence-corrected chi connectivity index (χ0v) is 17.9. The highest BCUT2D eigenvalue weighted by molar-refractivity contribution is 7.09. The van der Waals surface area contributed by atoms with Crippen LogP contribution in [0.1, 0.15) is 28.8 Å². The summed E-state index contributed by atoms with van der Waals surface area (Å²) in [4.78, 5) is 30.4. The molecule has 0 saturated heterocycles.